The van der Waals surface area contributed by atoms with Gasteiger partial charge in [0.2, 0.25) is 0 Å². The number of hydrogen-bond donors (Lipinski definition) is 2. The smallest absolute Gasteiger partial charge is 0.328 e. The first-order valence-electron chi connectivity index (χ1n) is 6.47. The zero-order valence-corrected chi connectivity index (χ0v) is 12.4. The summed E-state index contributed by atoms with van der Waals surface area (Å²) in [6.45, 7) is 7.12. The van der Waals surface area contributed by atoms with Crippen LogP contribution in [-0.2, 0) is 10.3 Å². The number of likely N-dealkylation sites (N-methyl/N-ethyl adjacent to an activating group) is 1. The number of carbonyl (C=O) groups is 1. The second kappa shape index (κ2) is 6.17. The first-order chi connectivity index (χ1) is 8.75. The van der Waals surface area contributed by atoms with Crippen molar-refractivity contribution in [1.82, 2.24) is 10.2 Å². The summed E-state index contributed by atoms with van der Waals surface area (Å²) in [6.07, 6.45) is 0. The molecule has 106 valence electrons. The van der Waals surface area contributed by atoms with Crippen molar-refractivity contribution in [2.75, 3.05) is 27.2 Å². The fraction of sp³-hybridized carbons (Fsp3) is 0.533. The molecule has 1 aromatic rings. The van der Waals surface area contributed by atoms with Gasteiger partial charge in [-0.1, -0.05) is 29.3 Å². The molecule has 0 saturated heterocycles. The second-order valence-corrected chi connectivity index (χ2v) is 5.54. The fourth-order valence-corrected chi connectivity index (χ4v) is 2.09. The third kappa shape index (κ3) is 4.04. The van der Waals surface area contributed by atoms with Crippen molar-refractivity contribution < 1.29 is 9.90 Å². The summed E-state index contributed by atoms with van der Waals surface area (Å²) in [5.41, 5.74) is 1.91. The highest BCUT2D eigenvalue weighted by atomic mass is 16.4. The summed E-state index contributed by atoms with van der Waals surface area (Å²) in [5, 5.41) is 12.7. The average molecular weight is 264 g/mol. The highest BCUT2D eigenvalue weighted by Crippen LogP contribution is 2.23. The fourth-order valence-electron chi connectivity index (χ4n) is 2.09. The summed E-state index contributed by atoms with van der Waals surface area (Å²) in [6, 6.07) is 5.92. The molecule has 0 amide bonds. The molecule has 4 nitrogen and oxygen atoms in total. The minimum atomic E-state index is -1.05. The Morgan fingerprint density at radius 3 is 2.21 bits per heavy atom. The molecule has 1 aromatic carbocycles. The summed E-state index contributed by atoms with van der Waals surface area (Å²) < 4.78 is 0. The zero-order valence-electron chi connectivity index (χ0n) is 12.4. The van der Waals surface area contributed by atoms with Crippen molar-refractivity contribution in [3.05, 3.63) is 34.9 Å². The first kappa shape index (κ1) is 15.7. The lowest BCUT2D eigenvalue weighted by Crippen LogP contribution is -2.48. The van der Waals surface area contributed by atoms with Crippen LogP contribution in [0.15, 0.2) is 18.2 Å². The van der Waals surface area contributed by atoms with E-state index in [4.69, 9.17) is 0 Å². The molecule has 0 radical (unpaired) electrons. The van der Waals surface area contributed by atoms with Gasteiger partial charge in [-0.05, 0) is 40.4 Å². The van der Waals surface area contributed by atoms with Crippen LogP contribution >= 0.6 is 0 Å². The molecule has 0 aromatic heterocycles. The summed E-state index contributed by atoms with van der Waals surface area (Å²) in [5.74, 6) is -0.851. The quantitative estimate of drug-likeness (QED) is 0.822. The standard InChI is InChI=1S/C15H24N2O2/c1-11-8-12(2)10-13(9-11)15(3,14(18)19)16-6-7-17(4)5/h8-10,16H,6-7H2,1-5H3,(H,18,19). The molecule has 2 N–H and O–H groups in total. The minimum absolute atomic E-state index is 0.628. The van der Waals surface area contributed by atoms with Gasteiger partial charge in [-0.15, -0.1) is 0 Å². The lowest BCUT2D eigenvalue weighted by molar-refractivity contribution is -0.144. The topological polar surface area (TPSA) is 52.6 Å². The zero-order chi connectivity index (χ0) is 14.6. The molecule has 0 bridgehead atoms. The third-order valence-corrected chi connectivity index (χ3v) is 3.26. The monoisotopic (exact) mass is 264 g/mol. The van der Waals surface area contributed by atoms with E-state index < -0.39 is 11.5 Å². The minimum Gasteiger partial charge on any atom is -0.480 e. The van der Waals surface area contributed by atoms with Crippen molar-refractivity contribution in [3.8, 4) is 0 Å². The van der Waals surface area contributed by atoms with E-state index in [1.165, 1.54) is 0 Å². The molecule has 1 atom stereocenters. The Morgan fingerprint density at radius 1 is 1.26 bits per heavy atom. The second-order valence-electron chi connectivity index (χ2n) is 5.54. The van der Waals surface area contributed by atoms with E-state index in [2.05, 4.69) is 5.32 Å². The van der Waals surface area contributed by atoms with Gasteiger partial charge in [0.05, 0.1) is 0 Å². The Labute approximate surface area is 115 Å². The van der Waals surface area contributed by atoms with E-state index in [1.54, 1.807) is 6.92 Å². The Kier molecular flexibility index (Phi) is 5.09. The Morgan fingerprint density at radius 2 is 1.79 bits per heavy atom. The highest BCUT2D eigenvalue weighted by molar-refractivity contribution is 5.80. The van der Waals surface area contributed by atoms with Gasteiger partial charge in [0.1, 0.15) is 5.54 Å². The van der Waals surface area contributed by atoms with Gasteiger partial charge in [-0.25, -0.2) is 4.79 Å². The van der Waals surface area contributed by atoms with Crippen molar-refractivity contribution >= 4 is 5.97 Å². The van der Waals surface area contributed by atoms with Crippen LogP contribution in [0.1, 0.15) is 23.6 Å². The lowest BCUT2D eigenvalue weighted by atomic mass is 9.89. The summed E-state index contributed by atoms with van der Waals surface area (Å²) >= 11 is 0. The maximum Gasteiger partial charge on any atom is 0.328 e. The largest absolute Gasteiger partial charge is 0.480 e. The van der Waals surface area contributed by atoms with Crippen molar-refractivity contribution in [3.63, 3.8) is 0 Å². The molecular weight excluding hydrogens is 240 g/mol. The first-order valence-corrected chi connectivity index (χ1v) is 6.47. The Bertz CT molecular complexity index is 437. The maximum atomic E-state index is 11.6. The summed E-state index contributed by atoms with van der Waals surface area (Å²) in [4.78, 5) is 13.7. The van der Waals surface area contributed by atoms with Gasteiger partial charge in [-0.3, -0.25) is 5.32 Å². The normalized spacial score (nSPS) is 14.4. The number of aliphatic carboxylic acids is 1. The lowest BCUT2D eigenvalue weighted by Gasteiger charge is -2.28. The Hall–Kier alpha value is -1.39. The number of aryl methyl sites for hydroxylation is 2. The number of carboxylic acids is 1. The molecule has 0 fully saturated rings. The highest BCUT2D eigenvalue weighted by Gasteiger charge is 2.34. The molecule has 0 saturated carbocycles. The molecule has 0 aliphatic carbocycles. The van der Waals surface area contributed by atoms with E-state index in [0.29, 0.717) is 6.54 Å². The number of nitrogens with zero attached hydrogens (tertiary/aromatic N) is 1. The number of benzene rings is 1. The molecule has 1 rings (SSSR count). The number of hydrogen-bond acceptors (Lipinski definition) is 3. The van der Waals surface area contributed by atoms with E-state index in [0.717, 1.165) is 23.2 Å². The van der Waals surface area contributed by atoms with Crippen LogP contribution in [0.4, 0.5) is 0 Å². The van der Waals surface area contributed by atoms with Crippen molar-refractivity contribution in [1.29, 1.82) is 0 Å². The van der Waals surface area contributed by atoms with Crippen LogP contribution in [0.25, 0.3) is 0 Å². The van der Waals surface area contributed by atoms with Gasteiger partial charge in [0.15, 0.2) is 0 Å². The molecule has 1 unspecified atom stereocenters. The van der Waals surface area contributed by atoms with E-state index in [9.17, 15) is 9.90 Å². The van der Waals surface area contributed by atoms with Crippen molar-refractivity contribution in [2.45, 2.75) is 26.3 Å². The Balaban J connectivity index is 3.01. The molecule has 0 heterocycles. The number of carboxylic acid groups (broad SMARTS) is 1. The van der Waals surface area contributed by atoms with Gasteiger partial charge in [0, 0.05) is 13.1 Å². The van der Waals surface area contributed by atoms with Gasteiger partial charge < -0.3 is 10.0 Å². The van der Waals surface area contributed by atoms with Crippen LogP contribution in [0.5, 0.6) is 0 Å². The van der Waals surface area contributed by atoms with Crippen LogP contribution in [0, 0.1) is 13.8 Å². The average Bonchev–Trinajstić information content (AvgIpc) is 2.26. The summed E-state index contributed by atoms with van der Waals surface area (Å²) in [7, 11) is 3.94. The van der Waals surface area contributed by atoms with Gasteiger partial charge >= 0.3 is 5.97 Å². The SMILES string of the molecule is Cc1cc(C)cc(C(C)(NCCN(C)C)C(=O)O)c1. The van der Waals surface area contributed by atoms with Crippen molar-refractivity contribution in [2.24, 2.45) is 0 Å². The predicted molar refractivity (Wildman–Crippen MR) is 77.5 cm³/mol. The van der Waals surface area contributed by atoms with Crippen LogP contribution in [0.2, 0.25) is 0 Å². The number of nitrogens with one attached hydrogen (secondary N) is 1. The third-order valence-electron chi connectivity index (χ3n) is 3.26. The van der Waals surface area contributed by atoms with Crippen LogP contribution in [0.3, 0.4) is 0 Å². The molecule has 4 heteroatoms. The molecule has 0 aliphatic heterocycles. The number of rotatable bonds is 6. The van der Waals surface area contributed by atoms with E-state index in [1.807, 2.05) is 51.0 Å². The van der Waals surface area contributed by atoms with Crippen LogP contribution in [-0.4, -0.2) is 43.2 Å². The predicted octanol–water partition coefficient (Wildman–Crippen LogP) is 1.75. The molecule has 0 aliphatic rings. The van der Waals surface area contributed by atoms with Crippen LogP contribution < -0.4 is 5.32 Å². The molecule has 0 spiro atoms. The van der Waals surface area contributed by atoms with E-state index >= 15 is 0 Å². The van der Waals surface area contributed by atoms with Gasteiger partial charge in [0.25, 0.3) is 0 Å². The van der Waals surface area contributed by atoms with E-state index in [-0.39, 0.29) is 0 Å². The molecular formula is C15H24N2O2. The molecule has 19 heavy (non-hydrogen) atoms. The van der Waals surface area contributed by atoms with Gasteiger partial charge in [-0.2, -0.15) is 0 Å². The maximum absolute atomic E-state index is 11.6.